The lowest BCUT2D eigenvalue weighted by atomic mass is 10.2. The molecule has 0 radical (unpaired) electrons. The van der Waals surface area contributed by atoms with Crippen LogP contribution in [-0.4, -0.2) is 54.4 Å². The quantitative estimate of drug-likeness (QED) is 0.888. The summed E-state index contributed by atoms with van der Waals surface area (Å²) in [6.07, 6.45) is -0.519. The lowest BCUT2D eigenvalue weighted by molar-refractivity contribution is -0.149. The third-order valence-corrected chi connectivity index (χ3v) is 3.07. The highest BCUT2D eigenvalue weighted by Crippen LogP contribution is 2.16. The van der Waals surface area contributed by atoms with E-state index in [9.17, 15) is 9.18 Å². The van der Waals surface area contributed by atoms with Crippen molar-refractivity contribution < 1.29 is 23.8 Å². The highest BCUT2D eigenvalue weighted by atomic mass is 19.1. The standard InChI is InChI=1S/C14H18FNO4/c1-10-6-16(7-11(8-17)20-10)14(18)9-19-13-5-3-2-4-12(13)15/h2-5,10-11,17H,6-9H2,1H3. The van der Waals surface area contributed by atoms with Gasteiger partial charge in [-0.05, 0) is 19.1 Å². The van der Waals surface area contributed by atoms with Gasteiger partial charge in [0.05, 0.1) is 18.8 Å². The van der Waals surface area contributed by atoms with Crippen LogP contribution in [0.15, 0.2) is 24.3 Å². The molecule has 1 aromatic rings. The van der Waals surface area contributed by atoms with Gasteiger partial charge in [0, 0.05) is 13.1 Å². The first-order chi connectivity index (χ1) is 9.60. The van der Waals surface area contributed by atoms with Crippen molar-refractivity contribution in [3.05, 3.63) is 30.1 Å². The largest absolute Gasteiger partial charge is 0.481 e. The van der Waals surface area contributed by atoms with Gasteiger partial charge < -0.3 is 19.5 Å². The smallest absolute Gasteiger partial charge is 0.260 e. The number of hydrogen-bond acceptors (Lipinski definition) is 4. The first kappa shape index (κ1) is 14.7. The van der Waals surface area contributed by atoms with Gasteiger partial charge in [-0.3, -0.25) is 4.79 Å². The van der Waals surface area contributed by atoms with Crippen LogP contribution in [-0.2, 0) is 9.53 Å². The number of benzene rings is 1. The zero-order valence-electron chi connectivity index (χ0n) is 11.3. The summed E-state index contributed by atoms with van der Waals surface area (Å²) in [6.45, 7) is 2.23. The Hall–Kier alpha value is -1.66. The SMILES string of the molecule is CC1CN(C(=O)COc2ccccc2F)CC(CO)O1. The van der Waals surface area contributed by atoms with Gasteiger partial charge in [0.25, 0.3) is 5.91 Å². The molecule has 1 saturated heterocycles. The molecule has 0 bridgehead atoms. The van der Waals surface area contributed by atoms with Crippen LogP contribution < -0.4 is 4.74 Å². The first-order valence-corrected chi connectivity index (χ1v) is 6.51. The van der Waals surface area contributed by atoms with E-state index in [1.54, 1.807) is 17.0 Å². The molecule has 5 nitrogen and oxygen atoms in total. The summed E-state index contributed by atoms with van der Waals surface area (Å²) < 4.78 is 24.0. The number of hydrogen-bond donors (Lipinski definition) is 1. The van der Waals surface area contributed by atoms with Crippen molar-refractivity contribution in [1.29, 1.82) is 0 Å². The molecule has 0 aliphatic carbocycles. The maximum atomic E-state index is 13.4. The number of para-hydroxylation sites is 1. The Morgan fingerprint density at radius 2 is 2.25 bits per heavy atom. The van der Waals surface area contributed by atoms with Crippen LogP contribution in [0.3, 0.4) is 0 Å². The van der Waals surface area contributed by atoms with Crippen molar-refractivity contribution in [2.24, 2.45) is 0 Å². The lowest BCUT2D eigenvalue weighted by Gasteiger charge is -2.36. The normalized spacial score (nSPS) is 22.6. The van der Waals surface area contributed by atoms with Crippen molar-refractivity contribution in [2.45, 2.75) is 19.1 Å². The van der Waals surface area contributed by atoms with Crippen LogP contribution in [0, 0.1) is 5.82 Å². The van der Waals surface area contributed by atoms with E-state index in [2.05, 4.69) is 0 Å². The molecule has 0 saturated carbocycles. The Morgan fingerprint density at radius 1 is 1.50 bits per heavy atom. The fraction of sp³-hybridized carbons (Fsp3) is 0.500. The van der Waals surface area contributed by atoms with Crippen molar-refractivity contribution >= 4 is 5.91 Å². The third kappa shape index (κ3) is 3.68. The van der Waals surface area contributed by atoms with Crippen molar-refractivity contribution in [3.63, 3.8) is 0 Å². The monoisotopic (exact) mass is 283 g/mol. The Labute approximate surface area is 116 Å². The minimum Gasteiger partial charge on any atom is -0.481 e. The maximum absolute atomic E-state index is 13.4. The molecule has 0 aromatic heterocycles. The number of morpholine rings is 1. The summed E-state index contributed by atoms with van der Waals surface area (Å²) in [5.74, 6) is -0.688. The van der Waals surface area contributed by atoms with Gasteiger partial charge in [-0.15, -0.1) is 0 Å². The number of carbonyl (C=O) groups is 1. The maximum Gasteiger partial charge on any atom is 0.260 e. The summed E-state index contributed by atoms with van der Waals surface area (Å²) in [6, 6.07) is 5.94. The second-order valence-electron chi connectivity index (χ2n) is 4.77. The third-order valence-electron chi connectivity index (χ3n) is 3.07. The molecule has 1 N–H and O–H groups in total. The average molecular weight is 283 g/mol. The molecule has 110 valence electrons. The highest BCUT2D eigenvalue weighted by Gasteiger charge is 2.28. The number of rotatable bonds is 4. The molecule has 1 aliphatic rings. The molecule has 2 unspecified atom stereocenters. The Morgan fingerprint density at radius 3 is 2.95 bits per heavy atom. The predicted octanol–water partition coefficient (Wildman–Crippen LogP) is 0.813. The summed E-state index contributed by atoms with van der Waals surface area (Å²) >= 11 is 0. The van der Waals surface area contributed by atoms with Crippen LogP contribution in [0.2, 0.25) is 0 Å². The minimum atomic E-state index is -0.496. The fourth-order valence-electron chi connectivity index (χ4n) is 2.14. The van der Waals surface area contributed by atoms with E-state index in [1.807, 2.05) is 6.92 Å². The molecule has 2 atom stereocenters. The zero-order valence-corrected chi connectivity index (χ0v) is 11.3. The Balaban J connectivity index is 1.90. The van der Waals surface area contributed by atoms with Crippen LogP contribution in [0.5, 0.6) is 5.75 Å². The van der Waals surface area contributed by atoms with Gasteiger partial charge in [-0.1, -0.05) is 12.1 Å². The van der Waals surface area contributed by atoms with Crippen molar-refractivity contribution in [1.82, 2.24) is 4.90 Å². The van der Waals surface area contributed by atoms with Crippen LogP contribution in [0.4, 0.5) is 4.39 Å². The van der Waals surface area contributed by atoms with Crippen molar-refractivity contribution in [2.75, 3.05) is 26.3 Å². The van der Waals surface area contributed by atoms with E-state index in [-0.39, 0.29) is 37.1 Å². The topological polar surface area (TPSA) is 59.0 Å². The van der Waals surface area contributed by atoms with Crippen LogP contribution >= 0.6 is 0 Å². The number of amides is 1. The van der Waals surface area contributed by atoms with E-state index in [1.165, 1.54) is 12.1 Å². The first-order valence-electron chi connectivity index (χ1n) is 6.51. The van der Waals surface area contributed by atoms with Gasteiger partial charge in [-0.2, -0.15) is 0 Å². The van der Waals surface area contributed by atoms with Crippen LogP contribution in [0.1, 0.15) is 6.92 Å². The van der Waals surface area contributed by atoms with Gasteiger partial charge in [0.1, 0.15) is 0 Å². The molecule has 1 aromatic carbocycles. The Kier molecular flexibility index (Phi) is 4.92. The van der Waals surface area contributed by atoms with Gasteiger partial charge in [0.15, 0.2) is 18.2 Å². The number of aliphatic hydroxyl groups is 1. The molecule has 6 heteroatoms. The van der Waals surface area contributed by atoms with Gasteiger partial charge >= 0.3 is 0 Å². The molecule has 2 rings (SSSR count). The van der Waals surface area contributed by atoms with E-state index in [4.69, 9.17) is 14.6 Å². The molecule has 1 fully saturated rings. The number of nitrogens with zero attached hydrogens (tertiary/aromatic N) is 1. The van der Waals surface area contributed by atoms with Crippen molar-refractivity contribution in [3.8, 4) is 5.75 Å². The molecular weight excluding hydrogens is 265 g/mol. The van der Waals surface area contributed by atoms with E-state index in [0.717, 1.165) is 0 Å². The summed E-state index contributed by atoms with van der Waals surface area (Å²) in [5.41, 5.74) is 0. The molecule has 20 heavy (non-hydrogen) atoms. The Bertz CT molecular complexity index is 468. The second-order valence-corrected chi connectivity index (χ2v) is 4.77. The molecule has 1 aliphatic heterocycles. The average Bonchev–Trinajstić information content (AvgIpc) is 2.45. The van der Waals surface area contributed by atoms with Crippen LogP contribution in [0.25, 0.3) is 0 Å². The molecule has 1 heterocycles. The van der Waals surface area contributed by atoms with E-state index >= 15 is 0 Å². The molecule has 1 amide bonds. The predicted molar refractivity (Wildman–Crippen MR) is 69.9 cm³/mol. The summed E-state index contributed by atoms with van der Waals surface area (Å²) in [7, 11) is 0. The van der Waals surface area contributed by atoms with E-state index < -0.39 is 5.82 Å². The highest BCUT2D eigenvalue weighted by molar-refractivity contribution is 5.78. The van der Waals surface area contributed by atoms with Gasteiger partial charge in [-0.25, -0.2) is 4.39 Å². The fourth-order valence-corrected chi connectivity index (χ4v) is 2.14. The summed E-state index contributed by atoms with van der Waals surface area (Å²) in [5, 5.41) is 9.11. The number of halogens is 1. The molecule has 0 spiro atoms. The minimum absolute atomic E-state index is 0.0564. The number of carbonyl (C=O) groups excluding carboxylic acids is 1. The second kappa shape index (κ2) is 6.67. The number of ether oxygens (including phenoxy) is 2. The zero-order chi connectivity index (χ0) is 14.5. The van der Waals surface area contributed by atoms with E-state index in [0.29, 0.717) is 13.1 Å². The molecular formula is C14H18FNO4. The van der Waals surface area contributed by atoms with Gasteiger partial charge in [0.2, 0.25) is 0 Å². The number of aliphatic hydroxyl groups excluding tert-OH is 1. The summed E-state index contributed by atoms with van der Waals surface area (Å²) in [4.78, 5) is 13.6. The lowest BCUT2D eigenvalue weighted by Crippen LogP contribution is -2.51.